The van der Waals surface area contributed by atoms with E-state index in [9.17, 15) is 24.0 Å². The maximum absolute atomic E-state index is 10.8. The van der Waals surface area contributed by atoms with Crippen LogP contribution in [0.5, 0.6) is 0 Å². The van der Waals surface area contributed by atoms with Crippen LogP contribution < -0.4 is 0 Å². The minimum atomic E-state index is -0.995. The third-order valence-electron chi connectivity index (χ3n) is 2.32. The maximum atomic E-state index is 10.8. The van der Waals surface area contributed by atoms with Crippen molar-refractivity contribution in [3.63, 3.8) is 0 Å². The van der Waals surface area contributed by atoms with E-state index in [-0.39, 0.29) is 11.1 Å². The summed E-state index contributed by atoms with van der Waals surface area (Å²) in [5.41, 5.74) is -1.99. The molecular formula is C12H2O5Se. The number of hydrogen-bond donors (Lipinski definition) is 0. The molecule has 0 saturated heterocycles. The number of rotatable bonds is 1. The Bertz CT molecular complexity index is 632. The van der Waals surface area contributed by atoms with E-state index in [2.05, 4.69) is 15.6 Å². The molecule has 86 valence electrons. The van der Waals surface area contributed by atoms with Crippen LogP contribution in [-0.2, 0) is 24.0 Å². The van der Waals surface area contributed by atoms with Gasteiger partial charge in [0.1, 0.15) is 0 Å². The number of hydrogen-bond acceptors (Lipinski definition) is 5. The molecule has 1 fully saturated rings. The molecule has 0 atom stereocenters. The van der Waals surface area contributed by atoms with Crippen molar-refractivity contribution in [2.75, 3.05) is 0 Å². The predicted molar refractivity (Wildman–Crippen MR) is 61.3 cm³/mol. The second-order valence-electron chi connectivity index (χ2n) is 3.08. The summed E-state index contributed by atoms with van der Waals surface area (Å²) in [7, 11) is 0. The normalized spacial score (nSPS) is 18.2. The molecule has 0 bridgehead atoms. The Balaban J connectivity index is 3.89. The van der Waals surface area contributed by atoms with Crippen molar-refractivity contribution in [3.8, 4) is 0 Å². The SMILES string of the molecule is O=C=C1C(=C=O)C(=C=O)C(C=[Se])C(=C=O)C1=C=O. The first-order valence-electron chi connectivity index (χ1n) is 4.42. The molecule has 0 heterocycles. The molecule has 0 radical (unpaired) electrons. The van der Waals surface area contributed by atoms with Gasteiger partial charge in [0.25, 0.3) is 0 Å². The van der Waals surface area contributed by atoms with E-state index in [1.54, 1.807) is 0 Å². The molecule has 1 aliphatic carbocycles. The van der Waals surface area contributed by atoms with Gasteiger partial charge in [-0.1, -0.05) is 0 Å². The first kappa shape index (κ1) is 13.7. The molecule has 18 heavy (non-hydrogen) atoms. The summed E-state index contributed by atoms with van der Waals surface area (Å²) in [5.74, 6) is 5.97. The molecule has 1 aliphatic rings. The Hall–Kier alpha value is -2.36. The van der Waals surface area contributed by atoms with Crippen LogP contribution in [0.2, 0.25) is 0 Å². The predicted octanol–water partition coefficient (Wildman–Crippen LogP) is -1.62. The quantitative estimate of drug-likeness (QED) is 0.429. The van der Waals surface area contributed by atoms with E-state index in [0.717, 1.165) is 0 Å². The first-order chi connectivity index (χ1) is 8.69. The van der Waals surface area contributed by atoms with E-state index in [1.807, 2.05) is 0 Å². The van der Waals surface area contributed by atoms with Gasteiger partial charge in [0.15, 0.2) is 0 Å². The number of allylic oxidation sites excluding steroid dienone is 5. The van der Waals surface area contributed by atoms with E-state index in [4.69, 9.17) is 0 Å². The van der Waals surface area contributed by atoms with E-state index >= 15 is 0 Å². The minimum absolute atomic E-state index is 0.278. The molecule has 0 amide bonds. The van der Waals surface area contributed by atoms with Gasteiger partial charge < -0.3 is 0 Å². The molecule has 0 spiro atoms. The monoisotopic (exact) mass is 306 g/mol. The van der Waals surface area contributed by atoms with Crippen molar-refractivity contribution in [1.82, 2.24) is 0 Å². The Morgan fingerprint density at radius 2 is 1.11 bits per heavy atom. The standard InChI is InChI=1S/C12H2O5Se/c13-1-7-8(2-14)10(4-16)12(6-18)11(5-17)9(7)3-15/h6,12H. The summed E-state index contributed by atoms with van der Waals surface area (Å²) in [6.45, 7) is 0. The fourth-order valence-electron chi connectivity index (χ4n) is 1.53. The Kier molecular flexibility index (Phi) is 4.43. The van der Waals surface area contributed by atoms with Crippen molar-refractivity contribution < 1.29 is 24.0 Å². The van der Waals surface area contributed by atoms with Crippen LogP contribution in [0.3, 0.4) is 0 Å². The summed E-state index contributed by atoms with van der Waals surface area (Å²) in [6, 6.07) is 0. The van der Waals surface area contributed by atoms with E-state index in [0.29, 0.717) is 0 Å². The third kappa shape index (κ3) is 1.93. The fraction of sp³-hybridized carbons (Fsp3) is 0.0833. The van der Waals surface area contributed by atoms with Gasteiger partial charge in [-0.3, -0.25) is 0 Å². The molecule has 1 saturated carbocycles. The van der Waals surface area contributed by atoms with Gasteiger partial charge in [-0.2, -0.15) is 0 Å². The van der Waals surface area contributed by atoms with Gasteiger partial charge in [0.2, 0.25) is 0 Å². The first-order valence-corrected chi connectivity index (χ1v) is 5.41. The van der Waals surface area contributed by atoms with Gasteiger partial charge >= 0.3 is 108 Å². The fourth-order valence-corrected chi connectivity index (χ4v) is 2.10. The van der Waals surface area contributed by atoms with Crippen molar-refractivity contribution in [2.45, 2.75) is 0 Å². The van der Waals surface area contributed by atoms with Crippen molar-refractivity contribution in [3.05, 3.63) is 27.9 Å². The summed E-state index contributed by atoms with van der Waals surface area (Å²) < 4.78 is 0. The Labute approximate surface area is 108 Å². The Morgan fingerprint density at radius 3 is 1.33 bits per heavy atom. The average molecular weight is 305 g/mol. The summed E-state index contributed by atoms with van der Waals surface area (Å²) in [5, 5.41) is 0. The zero-order chi connectivity index (χ0) is 13.7. The van der Waals surface area contributed by atoms with Crippen LogP contribution in [0, 0.1) is 5.92 Å². The van der Waals surface area contributed by atoms with E-state index < -0.39 is 22.6 Å². The van der Waals surface area contributed by atoms with Gasteiger partial charge in [0.05, 0.1) is 0 Å². The van der Waals surface area contributed by atoms with Crippen molar-refractivity contribution >= 4 is 50.2 Å². The molecule has 0 aliphatic heterocycles. The molecule has 5 nitrogen and oxygen atoms in total. The van der Waals surface area contributed by atoms with E-state index in [1.165, 1.54) is 34.6 Å². The molecule has 0 aromatic rings. The molecule has 0 aromatic heterocycles. The zero-order valence-electron chi connectivity index (χ0n) is 8.60. The van der Waals surface area contributed by atoms with Crippen molar-refractivity contribution in [1.29, 1.82) is 0 Å². The van der Waals surface area contributed by atoms with Crippen LogP contribution >= 0.6 is 0 Å². The van der Waals surface area contributed by atoms with Crippen LogP contribution in [-0.4, -0.2) is 50.2 Å². The summed E-state index contributed by atoms with van der Waals surface area (Å²) >= 11 is 2.44. The Morgan fingerprint density at radius 1 is 0.722 bits per heavy atom. The topological polar surface area (TPSA) is 85.3 Å². The van der Waals surface area contributed by atoms with Gasteiger partial charge in [0, 0.05) is 0 Å². The van der Waals surface area contributed by atoms with Gasteiger partial charge in [-0.25, -0.2) is 0 Å². The molecular weight excluding hydrogens is 303 g/mol. The molecule has 0 aromatic carbocycles. The van der Waals surface area contributed by atoms with Crippen LogP contribution in [0.15, 0.2) is 27.9 Å². The molecule has 6 heteroatoms. The zero-order valence-corrected chi connectivity index (χ0v) is 10.3. The number of carbonyl (C=O) groups excluding carboxylic acids is 5. The molecule has 1 rings (SSSR count). The van der Waals surface area contributed by atoms with Crippen molar-refractivity contribution in [2.24, 2.45) is 5.92 Å². The summed E-state index contributed by atoms with van der Waals surface area (Å²) in [4.78, 5) is 55.2. The van der Waals surface area contributed by atoms with Gasteiger partial charge in [-0.15, -0.1) is 0 Å². The summed E-state index contributed by atoms with van der Waals surface area (Å²) in [6.07, 6.45) is 0. The molecule has 0 N–H and O–H groups in total. The van der Waals surface area contributed by atoms with Gasteiger partial charge in [-0.05, 0) is 0 Å². The second-order valence-corrected chi connectivity index (χ2v) is 3.65. The molecule has 0 unspecified atom stereocenters. The van der Waals surface area contributed by atoms with Crippen LogP contribution in [0.4, 0.5) is 0 Å². The second kappa shape index (κ2) is 5.82. The average Bonchev–Trinajstić information content (AvgIpc) is 2.43. The third-order valence-corrected chi connectivity index (χ3v) is 2.89. The van der Waals surface area contributed by atoms with Crippen LogP contribution in [0.1, 0.15) is 0 Å². The van der Waals surface area contributed by atoms with Crippen LogP contribution in [0.25, 0.3) is 0 Å².